The second kappa shape index (κ2) is 4.80. The predicted octanol–water partition coefficient (Wildman–Crippen LogP) is 2.68. The number of hydrogen-bond donors (Lipinski definition) is 1. The molecule has 1 aliphatic heterocycles. The van der Waals surface area contributed by atoms with Gasteiger partial charge in [-0.15, -0.1) is 0 Å². The zero-order chi connectivity index (χ0) is 11.7. The summed E-state index contributed by atoms with van der Waals surface area (Å²) < 4.78 is 0. The number of hydrogen-bond acceptors (Lipinski definition) is 5. The van der Waals surface area contributed by atoms with Gasteiger partial charge < -0.3 is 5.73 Å². The summed E-state index contributed by atoms with van der Waals surface area (Å²) in [5.41, 5.74) is 5.82. The van der Waals surface area contributed by atoms with Crippen molar-refractivity contribution in [3.8, 4) is 0 Å². The van der Waals surface area contributed by atoms with E-state index in [-0.39, 0.29) is 0 Å². The Morgan fingerprint density at radius 3 is 2.41 bits per heavy atom. The van der Waals surface area contributed by atoms with Crippen molar-refractivity contribution in [2.75, 3.05) is 11.5 Å². The maximum Gasteiger partial charge on any atom is 0.223 e. The van der Waals surface area contributed by atoms with E-state index in [1.165, 1.54) is 44.3 Å². The lowest BCUT2D eigenvalue weighted by atomic mass is 10.1. The first-order valence-corrected chi connectivity index (χ1v) is 7.51. The zero-order valence-electron chi connectivity index (χ0n) is 9.93. The van der Waals surface area contributed by atoms with Crippen LogP contribution in [0.1, 0.15) is 61.3 Å². The van der Waals surface area contributed by atoms with Crippen LogP contribution in [0.4, 0.5) is 5.95 Å². The SMILES string of the molecule is Nc1nc(C2CCCC2)nc(C2CCCS2)n1. The maximum atomic E-state index is 5.82. The maximum absolute atomic E-state index is 5.82. The summed E-state index contributed by atoms with van der Waals surface area (Å²) >= 11 is 1.95. The fourth-order valence-corrected chi connectivity index (χ4v) is 3.92. The van der Waals surface area contributed by atoms with Gasteiger partial charge >= 0.3 is 0 Å². The smallest absolute Gasteiger partial charge is 0.223 e. The molecule has 3 rings (SSSR count). The zero-order valence-corrected chi connectivity index (χ0v) is 10.7. The van der Waals surface area contributed by atoms with Gasteiger partial charge in [0.05, 0.1) is 5.25 Å². The van der Waals surface area contributed by atoms with E-state index >= 15 is 0 Å². The van der Waals surface area contributed by atoms with E-state index in [0.717, 1.165) is 11.6 Å². The van der Waals surface area contributed by atoms with Crippen molar-refractivity contribution in [3.05, 3.63) is 11.6 Å². The Balaban J connectivity index is 1.88. The average Bonchev–Trinajstić information content (AvgIpc) is 3.02. The topological polar surface area (TPSA) is 64.7 Å². The second-order valence-corrected chi connectivity index (χ2v) is 6.20. The van der Waals surface area contributed by atoms with Crippen molar-refractivity contribution in [1.29, 1.82) is 0 Å². The van der Waals surface area contributed by atoms with Crippen LogP contribution in [0.5, 0.6) is 0 Å². The van der Waals surface area contributed by atoms with Crippen LogP contribution in [0.2, 0.25) is 0 Å². The fraction of sp³-hybridized carbons (Fsp3) is 0.750. The van der Waals surface area contributed by atoms with Crippen molar-refractivity contribution >= 4 is 17.7 Å². The summed E-state index contributed by atoms with van der Waals surface area (Å²) in [5.74, 6) is 4.00. The molecule has 2 N–H and O–H groups in total. The Bertz CT molecular complexity index is 363. The van der Waals surface area contributed by atoms with E-state index in [1.54, 1.807) is 0 Å². The third-order valence-corrected chi connectivity index (χ3v) is 5.00. The summed E-state index contributed by atoms with van der Waals surface area (Å²) in [7, 11) is 0. The molecular formula is C12H18N4S. The van der Waals surface area contributed by atoms with Crippen molar-refractivity contribution in [2.24, 2.45) is 0 Å². The highest BCUT2D eigenvalue weighted by atomic mass is 32.2. The van der Waals surface area contributed by atoms with Gasteiger partial charge in [0.2, 0.25) is 5.95 Å². The molecule has 0 radical (unpaired) electrons. The molecular weight excluding hydrogens is 232 g/mol. The first-order chi connectivity index (χ1) is 8.33. The van der Waals surface area contributed by atoms with E-state index in [4.69, 9.17) is 5.73 Å². The monoisotopic (exact) mass is 250 g/mol. The molecule has 2 fully saturated rings. The Morgan fingerprint density at radius 2 is 1.71 bits per heavy atom. The van der Waals surface area contributed by atoms with Gasteiger partial charge in [-0.25, -0.2) is 4.98 Å². The van der Waals surface area contributed by atoms with Crippen LogP contribution in [-0.4, -0.2) is 20.7 Å². The standard InChI is InChI=1S/C12H18N4S/c13-12-15-10(8-4-1-2-5-8)14-11(16-12)9-6-3-7-17-9/h8-9H,1-7H2,(H2,13,14,15,16). The lowest BCUT2D eigenvalue weighted by Gasteiger charge is -2.12. The Kier molecular flexibility index (Phi) is 3.18. The molecule has 2 aliphatic rings. The minimum Gasteiger partial charge on any atom is -0.368 e. The van der Waals surface area contributed by atoms with Gasteiger partial charge in [0, 0.05) is 5.92 Å². The number of rotatable bonds is 2. The van der Waals surface area contributed by atoms with Crippen LogP contribution >= 0.6 is 11.8 Å². The minimum atomic E-state index is 0.407. The van der Waals surface area contributed by atoms with Gasteiger partial charge in [-0.05, 0) is 31.4 Å². The number of nitrogens with zero attached hydrogens (tertiary/aromatic N) is 3. The van der Waals surface area contributed by atoms with Crippen LogP contribution in [0.25, 0.3) is 0 Å². The second-order valence-electron chi connectivity index (χ2n) is 4.89. The Morgan fingerprint density at radius 1 is 0.941 bits per heavy atom. The molecule has 0 aromatic carbocycles. The summed E-state index contributed by atoms with van der Waals surface area (Å²) in [6.07, 6.45) is 7.45. The molecule has 1 saturated carbocycles. The highest BCUT2D eigenvalue weighted by Gasteiger charge is 2.25. The van der Waals surface area contributed by atoms with Crippen LogP contribution in [0.3, 0.4) is 0 Å². The largest absolute Gasteiger partial charge is 0.368 e. The summed E-state index contributed by atoms with van der Waals surface area (Å²) in [6, 6.07) is 0. The molecule has 1 aromatic rings. The van der Waals surface area contributed by atoms with Crippen LogP contribution in [0, 0.1) is 0 Å². The third-order valence-electron chi connectivity index (χ3n) is 3.63. The molecule has 1 aliphatic carbocycles. The molecule has 0 amide bonds. The third kappa shape index (κ3) is 2.39. The van der Waals surface area contributed by atoms with Crippen molar-refractivity contribution in [2.45, 2.75) is 49.7 Å². The lowest BCUT2D eigenvalue weighted by molar-refractivity contribution is 0.645. The summed E-state index contributed by atoms with van der Waals surface area (Å²) in [5, 5.41) is 0.445. The molecule has 0 bridgehead atoms. The molecule has 1 saturated heterocycles. The predicted molar refractivity (Wildman–Crippen MR) is 69.9 cm³/mol. The highest BCUT2D eigenvalue weighted by molar-refractivity contribution is 7.99. The van der Waals surface area contributed by atoms with Crippen molar-refractivity contribution in [1.82, 2.24) is 15.0 Å². The fourth-order valence-electron chi connectivity index (χ4n) is 2.72. The molecule has 5 heteroatoms. The van der Waals surface area contributed by atoms with Crippen LogP contribution in [0.15, 0.2) is 0 Å². The molecule has 92 valence electrons. The first-order valence-electron chi connectivity index (χ1n) is 6.46. The molecule has 2 heterocycles. The number of nitrogens with two attached hydrogens (primary N) is 1. The quantitative estimate of drug-likeness (QED) is 0.874. The first kappa shape index (κ1) is 11.3. The van der Waals surface area contributed by atoms with Gasteiger partial charge in [0.1, 0.15) is 11.6 Å². The Labute approximate surface area is 106 Å². The Hall–Kier alpha value is -0.840. The highest BCUT2D eigenvalue weighted by Crippen LogP contribution is 2.39. The van der Waals surface area contributed by atoms with Gasteiger partial charge in [-0.3, -0.25) is 0 Å². The average molecular weight is 250 g/mol. The van der Waals surface area contributed by atoms with Gasteiger partial charge in [-0.2, -0.15) is 21.7 Å². The molecule has 0 spiro atoms. The van der Waals surface area contributed by atoms with Crippen molar-refractivity contribution in [3.63, 3.8) is 0 Å². The normalized spacial score (nSPS) is 25.5. The summed E-state index contributed by atoms with van der Waals surface area (Å²) in [6.45, 7) is 0. The van der Waals surface area contributed by atoms with E-state index in [0.29, 0.717) is 17.1 Å². The number of anilines is 1. The summed E-state index contributed by atoms with van der Waals surface area (Å²) in [4.78, 5) is 13.3. The van der Waals surface area contributed by atoms with E-state index in [2.05, 4.69) is 15.0 Å². The molecule has 1 unspecified atom stereocenters. The van der Waals surface area contributed by atoms with E-state index in [9.17, 15) is 0 Å². The minimum absolute atomic E-state index is 0.407. The van der Waals surface area contributed by atoms with E-state index in [1.807, 2.05) is 11.8 Å². The van der Waals surface area contributed by atoms with Crippen molar-refractivity contribution < 1.29 is 0 Å². The van der Waals surface area contributed by atoms with Gasteiger partial charge in [-0.1, -0.05) is 12.8 Å². The van der Waals surface area contributed by atoms with Crippen LogP contribution < -0.4 is 5.73 Å². The number of aromatic nitrogens is 3. The van der Waals surface area contributed by atoms with Gasteiger partial charge in [0.15, 0.2) is 0 Å². The van der Waals surface area contributed by atoms with Gasteiger partial charge in [0.25, 0.3) is 0 Å². The molecule has 17 heavy (non-hydrogen) atoms. The van der Waals surface area contributed by atoms with Crippen LogP contribution in [-0.2, 0) is 0 Å². The molecule has 4 nitrogen and oxygen atoms in total. The molecule has 1 atom stereocenters. The number of thioether (sulfide) groups is 1. The lowest BCUT2D eigenvalue weighted by Crippen LogP contribution is -2.10. The van der Waals surface area contributed by atoms with E-state index < -0.39 is 0 Å². The molecule has 1 aromatic heterocycles. The number of nitrogen functional groups attached to an aromatic ring is 1.